The van der Waals surface area contributed by atoms with Crippen LogP contribution in [0.4, 0.5) is 0 Å². The summed E-state index contributed by atoms with van der Waals surface area (Å²) < 4.78 is 10.1. The van der Waals surface area contributed by atoms with Crippen LogP contribution in [0, 0.1) is 0 Å². The van der Waals surface area contributed by atoms with Crippen LogP contribution in [0.2, 0.25) is 0 Å². The number of hydrogen-bond acceptors (Lipinski definition) is 6. The lowest BCUT2D eigenvalue weighted by Gasteiger charge is -2.27. The van der Waals surface area contributed by atoms with Gasteiger partial charge in [-0.1, -0.05) is 0 Å². The molecule has 0 rings (SSSR count). The lowest BCUT2D eigenvalue weighted by Crippen LogP contribution is -2.45. The van der Waals surface area contributed by atoms with Gasteiger partial charge in [0.15, 0.2) is 6.29 Å². The molecule has 0 bridgehead atoms. The third kappa shape index (κ3) is 6.54. The summed E-state index contributed by atoms with van der Waals surface area (Å²) in [5.41, 5.74) is 0. The van der Waals surface area contributed by atoms with Crippen molar-refractivity contribution in [1.82, 2.24) is 5.32 Å². The number of aliphatic hydroxyl groups is 3. The summed E-state index contributed by atoms with van der Waals surface area (Å²) in [4.78, 5) is 10.7. The fourth-order valence-electron chi connectivity index (χ4n) is 1.15. The highest BCUT2D eigenvalue weighted by Gasteiger charge is 2.26. The van der Waals surface area contributed by atoms with E-state index < -0.39 is 31.2 Å². The SMILES string of the molecule is COC(CNC(C)=O)OC(CO)C(O)C(C)O. The number of ether oxygens (including phenoxy) is 2. The van der Waals surface area contributed by atoms with Crippen molar-refractivity contribution in [2.45, 2.75) is 38.4 Å². The second kappa shape index (κ2) is 8.37. The molecule has 4 N–H and O–H groups in total. The summed E-state index contributed by atoms with van der Waals surface area (Å²) in [6.07, 6.45) is -4.04. The fourth-order valence-corrected chi connectivity index (χ4v) is 1.15. The molecule has 0 aromatic carbocycles. The summed E-state index contributed by atoms with van der Waals surface area (Å²) in [7, 11) is 1.37. The number of nitrogens with one attached hydrogen (secondary N) is 1. The van der Waals surface area contributed by atoms with Crippen molar-refractivity contribution in [1.29, 1.82) is 0 Å². The van der Waals surface area contributed by atoms with E-state index in [4.69, 9.17) is 14.6 Å². The van der Waals surface area contributed by atoms with E-state index in [1.165, 1.54) is 21.0 Å². The molecule has 0 radical (unpaired) electrons. The van der Waals surface area contributed by atoms with E-state index in [9.17, 15) is 15.0 Å². The molecule has 7 heteroatoms. The van der Waals surface area contributed by atoms with Gasteiger partial charge in [0.25, 0.3) is 0 Å². The first kappa shape index (κ1) is 16.3. The summed E-state index contributed by atoms with van der Waals surface area (Å²) in [6.45, 7) is 2.36. The predicted octanol–water partition coefficient (Wildman–Crippen LogP) is -1.79. The zero-order chi connectivity index (χ0) is 13.4. The lowest BCUT2D eigenvalue weighted by atomic mass is 10.1. The maximum absolute atomic E-state index is 10.7. The Morgan fingerprint density at radius 2 is 2.00 bits per heavy atom. The van der Waals surface area contributed by atoms with Crippen molar-refractivity contribution in [2.24, 2.45) is 0 Å². The molecule has 102 valence electrons. The number of hydrogen-bond donors (Lipinski definition) is 4. The van der Waals surface area contributed by atoms with E-state index in [2.05, 4.69) is 5.32 Å². The Morgan fingerprint density at radius 3 is 2.35 bits per heavy atom. The molecule has 0 aliphatic heterocycles. The highest BCUT2D eigenvalue weighted by atomic mass is 16.7. The normalized spacial score (nSPS) is 18.2. The molecule has 17 heavy (non-hydrogen) atoms. The summed E-state index contributed by atoms with van der Waals surface area (Å²) in [6, 6.07) is 0. The monoisotopic (exact) mass is 251 g/mol. The Kier molecular flexibility index (Phi) is 8.01. The quantitative estimate of drug-likeness (QED) is 0.380. The molecule has 7 nitrogen and oxygen atoms in total. The largest absolute Gasteiger partial charge is 0.394 e. The molecule has 0 aromatic rings. The van der Waals surface area contributed by atoms with Crippen LogP contribution in [0.25, 0.3) is 0 Å². The van der Waals surface area contributed by atoms with Crippen molar-refractivity contribution in [3.63, 3.8) is 0 Å². The standard InChI is InChI=1S/C10H21NO6/c1-6(13)10(15)8(5-12)17-9(16-3)4-11-7(2)14/h6,8-10,12-13,15H,4-5H2,1-3H3,(H,11,14). The second-order valence-corrected chi connectivity index (χ2v) is 3.69. The van der Waals surface area contributed by atoms with Crippen LogP contribution >= 0.6 is 0 Å². The molecule has 0 aliphatic carbocycles. The van der Waals surface area contributed by atoms with Crippen molar-refractivity contribution >= 4 is 5.91 Å². The third-order valence-corrected chi connectivity index (χ3v) is 2.16. The van der Waals surface area contributed by atoms with E-state index in [1.807, 2.05) is 0 Å². The zero-order valence-electron chi connectivity index (χ0n) is 10.3. The highest BCUT2D eigenvalue weighted by Crippen LogP contribution is 2.07. The molecule has 0 aromatic heterocycles. The Morgan fingerprint density at radius 1 is 1.41 bits per heavy atom. The average molecular weight is 251 g/mol. The smallest absolute Gasteiger partial charge is 0.217 e. The third-order valence-electron chi connectivity index (χ3n) is 2.16. The molecule has 4 atom stereocenters. The molecule has 0 saturated carbocycles. The minimum Gasteiger partial charge on any atom is -0.394 e. The first-order valence-corrected chi connectivity index (χ1v) is 5.32. The minimum absolute atomic E-state index is 0.0921. The molecular formula is C10H21NO6. The maximum atomic E-state index is 10.7. The van der Waals surface area contributed by atoms with Gasteiger partial charge >= 0.3 is 0 Å². The van der Waals surface area contributed by atoms with Crippen LogP contribution < -0.4 is 5.32 Å². The summed E-state index contributed by atoms with van der Waals surface area (Å²) in [5.74, 6) is -0.243. The molecule has 0 spiro atoms. The van der Waals surface area contributed by atoms with Crippen LogP contribution in [0.5, 0.6) is 0 Å². The van der Waals surface area contributed by atoms with Crippen molar-refractivity contribution in [3.8, 4) is 0 Å². The number of carbonyl (C=O) groups excluding carboxylic acids is 1. The van der Waals surface area contributed by atoms with E-state index in [1.54, 1.807) is 0 Å². The van der Waals surface area contributed by atoms with Gasteiger partial charge in [0.05, 0.1) is 19.3 Å². The van der Waals surface area contributed by atoms with Gasteiger partial charge in [-0.25, -0.2) is 0 Å². The van der Waals surface area contributed by atoms with Gasteiger partial charge in [-0.2, -0.15) is 0 Å². The van der Waals surface area contributed by atoms with Crippen LogP contribution in [0.1, 0.15) is 13.8 Å². The van der Waals surface area contributed by atoms with Crippen LogP contribution in [-0.2, 0) is 14.3 Å². The number of amides is 1. The van der Waals surface area contributed by atoms with Crippen molar-refractivity contribution in [3.05, 3.63) is 0 Å². The molecular weight excluding hydrogens is 230 g/mol. The summed E-state index contributed by atoms with van der Waals surface area (Å²) >= 11 is 0. The van der Waals surface area contributed by atoms with Gasteiger partial charge in [-0.05, 0) is 6.92 Å². The van der Waals surface area contributed by atoms with Gasteiger partial charge in [0, 0.05) is 14.0 Å². The van der Waals surface area contributed by atoms with Crippen molar-refractivity contribution < 1.29 is 29.6 Å². The lowest BCUT2D eigenvalue weighted by molar-refractivity contribution is -0.198. The van der Waals surface area contributed by atoms with Gasteiger partial charge < -0.3 is 30.1 Å². The zero-order valence-corrected chi connectivity index (χ0v) is 10.3. The van der Waals surface area contributed by atoms with Crippen LogP contribution in [0.3, 0.4) is 0 Å². The highest BCUT2D eigenvalue weighted by molar-refractivity contribution is 5.72. The molecule has 0 fully saturated rings. The Bertz CT molecular complexity index is 223. The van der Waals surface area contributed by atoms with Gasteiger partial charge in [0.1, 0.15) is 12.2 Å². The molecule has 1 amide bonds. The number of aliphatic hydroxyl groups excluding tert-OH is 3. The van der Waals surface area contributed by atoms with E-state index >= 15 is 0 Å². The minimum atomic E-state index is -1.23. The Labute approximate surface area is 100 Å². The van der Waals surface area contributed by atoms with Crippen LogP contribution in [0.15, 0.2) is 0 Å². The van der Waals surface area contributed by atoms with Gasteiger partial charge in [-0.15, -0.1) is 0 Å². The number of carbonyl (C=O) groups is 1. The van der Waals surface area contributed by atoms with E-state index in [0.29, 0.717) is 0 Å². The first-order chi connectivity index (χ1) is 7.92. The fraction of sp³-hybridized carbons (Fsp3) is 0.900. The van der Waals surface area contributed by atoms with E-state index in [0.717, 1.165) is 0 Å². The molecule has 0 heterocycles. The Balaban J connectivity index is 4.25. The predicted molar refractivity (Wildman–Crippen MR) is 59.1 cm³/mol. The van der Waals surface area contributed by atoms with Gasteiger partial charge in [-0.3, -0.25) is 4.79 Å². The second-order valence-electron chi connectivity index (χ2n) is 3.69. The maximum Gasteiger partial charge on any atom is 0.217 e. The van der Waals surface area contributed by atoms with Gasteiger partial charge in [0.2, 0.25) is 5.91 Å². The van der Waals surface area contributed by atoms with E-state index in [-0.39, 0.29) is 12.5 Å². The Hall–Kier alpha value is -0.730. The number of methoxy groups -OCH3 is 1. The number of rotatable bonds is 8. The molecule has 0 aliphatic rings. The topological polar surface area (TPSA) is 108 Å². The molecule has 4 unspecified atom stereocenters. The first-order valence-electron chi connectivity index (χ1n) is 5.32. The average Bonchev–Trinajstić information content (AvgIpc) is 2.28. The summed E-state index contributed by atoms with van der Waals surface area (Å²) in [5, 5.41) is 30.2. The van der Waals surface area contributed by atoms with Crippen LogP contribution in [-0.4, -0.2) is 66.1 Å². The molecule has 0 saturated heterocycles. The van der Waals surface area contributed by atoms with Crippen molar-refractivity contribution in [2.75, 3.05) is 20.3 Å².